The summed E-state index contributed by atoms with van der Waals surface area (Å²) in [5.74, 6) is -4.77. The molecule has 2 aromatic carbocycles. The first-order valence-electron chi connectivity index (χ1n) is 32.7. The lowest BCUT2D eigenvalue weighted by atomic mass is 9.80. The summed E-state index contributed by atoms with van der Waals surface area (Å²) in [6.45, 7) is 12.9. The fourth-order valence-corrected chi connectivity index (χ4v) is 13.2. The molecule has 1 aromatic heterocycles. The van der Waals surface area contributed by atoms with Crippen molar-refractivity contribution < 1.29 is 67.2 Å². The Morgan fingerprint density at radius 3 is 2.03 bits per heavy atom. The highest BCUT2D eigenvalue weighted by molar-refractivity contribution is 7.09. The number of nitrogens with one attached hydrogen (secondary N) is 6. The van der Waals surface area contributed by atoms with E-state index in [9.17, 15) is 38.4 Å². The van der Waals surface area contributed by atoms with Crippen LogP contribution < -0.4 is 37.6 Å². The van der Waals surface area contributed by atoms with E-state index >= 15 is 4.79 Å². The normalized spacial score (nSPS) is 17.2. The predicted octanol–water partition coefficient (Wildman–Crippen LogP) is 5.84. The van der Waals surface area contributed by atoms with Crippen molar-refractivity contribution in [3.8, 4) is 0 Å². The monoisotopic (exact) mass is 1320 g/mol. The first-order chi connectivity index (χ1) is 44.4. The van der Waals surface area contributed by atoms with Gasteiger partial charge in [-0.15, -0.1) is 11.3 Å². The van der Waals surface area contributed by atoms with E-state index in [2.05, 4.69) is 36.9 Å². The largest absolute Gasteiger partial charge is 0.445 e. The number of methoxy groups -OCH3 is 2. The second kappa shape index (κ2) is 38.8. The maximum Gasteiger partial charge on any atom is 0.410 e. The molecule has 2 aliphatic rings. The molecule has 1 aliphatic heterocycles. The average molecular weight is 1320 g/mol. The number of ether oxygens (including phenoxy) is 4. The highest BCUT2D eigenvalue weighted by atomic mass is 32.1. The SMILES string of the molecule is CO[C@H]([C@@H](C)C(=O)N[C@@H](Cc1ccccc1)c1nccs1)[C@@H]1CCCN1C(=O)C[C@@H](OC)[C@H](C1CCCCC1)N(C)C(=O)[C@@H](NC(=O)[C@H](C(C)C)N(C)C(=O)OCc1ccc(NC(=O)C(CCCNC(N)=O)NC(=O)[C@@H](NC(=O)CCOCCO)C(C)C)cc1)C(C)C. The Morgan fingerprint density at radius 1 is 0.742 bits per heavy atom. The Morgan fingerprint density at radius 2 is 1.43 bits per heavy atom. The van der Waals surface area contributed by atoms with Gasteiger partial charge in [0.15, 0.2) is 0 Å². The predicted molar refractivity (Wildman–Crippen MR) is 353 cm³/mol. The number of aromatic nitrogens is 1. The second-order valence-electron chi connectivity index (χ2n) is 25.4. The molecule has 2 heterocycles. The molecular weight excluding hydrogens is 1210 g/mol. The van der Waals surface area contributed by atoms with E-state index in [1.165, 1.54) is 23.3 Å². The van der Waals surface area contributed by atoms with Crippen LogP contribution in [0.4, 0.5) is 15.3 Å². The van der Waals surface area contributed by atoms with E-state index in [0.29, 0.717) is 37.1 Å². The van der Waals surface area contributed by atoms with Gasteiger partial charge in [0.05, 0.1) is 62.5 Å². The number of carbonyl (C=O) groups excluding carboxylic acids is 9. The number of likely N-dealkylation sites (tertiary alicyclic amines) is 1. The minimum atomic E-state index is -1.09. The van der Waals surface area contributed by atoms with Gasteiger partial charge in [-0.1, -0.05) is 110 Å². The zero-order valence-electron chi connectivity index (χ0n) is 56.2. The Hall–Kier alpha value is -7.26. The van der Waals surface area contributed by atoms with Crippen molar-refractivity contribution in [2.45, 2.75) is 187 Å². The summed E-state index contributed by atoms with van der Waals surface area (Å²) in [4.78, 5) is 133. The van der Waals surface area contributed by atoms with Gasteiger partial charge in [0.1, 0.15) is 35.8 Å². The van der Waals surface area contributed by atoms with Crippen LogP contribution in [0.3, 0.4) is 0 Å². The molecule has 9 N–H and O–H groups in total. The molecule has 5 rings (SSSR count). The summed E-state index contributed by atoms with van der Waals surface area (Å²) < 4.78 is 23.3. The van der Waals surface area contributed by atoms with Gasteiger partial charge in [-0.3, -0.25) is 38.5 Å². The number of urea groups is 1. The summed E-state index contributed by atoms with van der Waals surface area (Å²) in [7, 11) is 6.29. The van der Waals surface area contributed by atoms with Crippen LogP contribution in [0.25, 0.3) is 0 Å². The minimum Gasteiger partial charge on any atom is -0.445 e. The molecule has 0 spiro atoms. The third kappa shape index (κ3) is 23.3. The molecule has 10 atom stereocenters. The molecular formula is C67H103N11O14S. The second-order valence-corrected chi connectivity index (χ2v) is 26.3. The fraction of sp³-hybridized carbons (Fsp3) is 0.642. The lowest BCUT2D eigenvalue weighted by molar-refractivity contribution is -0.148. The lowest BCUT2D eigenvalue weighted by Gasteiger charge is -2.43. The number of likely N-dealkylation sites (N-methyl/N-ethyl adjacent to an activating group) is 2. The summed E-state index contributed by atoms with van der Waals surface area (Å²) in [5.41, 5.74) is 7.18. The number of anilines is 1. The first-order valence-corrected chi connectivity index (χ1v) is 33.6. The zero-order valence-corrected chi connectivity index (χ0v) is 57.0. The molecule has 25 nitrogen and oxygen atoms in total. The summed E-state index contributed by atoms with van der Waals surface area (Å²) in [6.07, 6.45) is 6.31. The van der Waals surface area contributed by atoms with Gasteiger partial charge in [0.2, 0.25) is 41.4 Å². The smallest absolute Gasteiger partial charge is 0.410 e. The van der Waals surface area contributed by atoms with Crippen molar-refractivity contribution in [3.63, 3.8) is 0 Å². The van der Waals surface area contributed by atoms with Crippen LogP contribution in [0.1, 0.15) is 141 Å². The molecule has 26 heteroatoms. The standard InChI is InChI=1S/C67H103N11O14S/c1-41(2)55(74-53(80)30-35-91-36-34-79)62(84)72-49(24-18-31-70-66(68)87)61(83)71-48-28-26-46(27-29-48)40-92-67(88)77(9)57(43(5)6)63(85)75-56(42(3)4)65(86)76(8)58(47-22-16-13-17-23-47)52(89-10)39-54(81)78-33-19-25-51(78)59(90-11)44(7)60(82)73-50(64-69-32-37-93-64)38-45-20-14-12-15-21-45/h12,14-15,20-21,26-29,32,37,41-44,47,49-52,55-59,79H,13,16-19,22-25,30-31,33-36,38-40H2,1-11H3,(H,71,83)(H,72,84)(H,73,82)(H,74,80)(H,75,85)(H3,68,70,87)/t44-,49?,50+,51+,52-,55+,56+,57+,58+,59-/m1/s1. The zero-order chi connectivity index (χ0) is 68.3. The van der Waals surface area contributed by atoms with E-state index in [0.717, 1.165) is 42.7 Å². The number of hydrogen-bond acceptors (Lipinski definition) is 16. The fourth-order valence-electron chi connectivity index (χ4n) is 12.5. The van der Waals surface area contributed by atoms with Crippen molar-refractivity contribution in [1.82, 2.24) is 46.3 Å². The lowest BCUT2D eigenvalue weighted by Crippen LogP contribution is -2.60. The van der Waals surface area contributed by atoms with Gasteiger partial charge in [0.25, 0.3) is 0 Å². The number of nitrogens with zero attached hydrogens (tertiary/aromatic N) is 4. The van der Waals surface area contributed by atoms with Crippen molar-refractivity contribution in [1.29, 1.82) is 0 Å². The summed E-state index contributed by atoms with van der Waals surface area (Å²) >= 11 is 1.48. The molecule has 10 amide bonds. The number of carbonyl (C=O) groups is 9. The van der Waals surface area contributed by atoms with E-state index in [1.807, 2.05) is 61.4 Å². The van der Waals surface area contributed by atoms with E-state index in [4.69, 9.17) is 29.8 Å². The van der Waals surface area contributed by atoms with Crippen LogP contribution in [0.15, 0.2) is 66.2 Å². The topological polar surface area (TPSA) is 332 Å². The van der Waals surface area contributed by atoms with Crippen LogP contribution in [-0.4, -0.2) is 188 Å². The van der Waals surface area contributed by atoms with E-state index < -0.39 is 102 Å². The molecule has 1 saturated carbocycles. The van der Waals surface area contributed by atoms with Crippen molar-refractivity contribution in [3.05, 3.63) is 82.3 Å². The van der Waals surface area contributed by atoms with Gasteiger partial charge in [-0.2, -0.15) is 0 Å². The van der Waals surface area contributed by atoms with E-state index in [1.54, 1.807) is 84.3 Å². The van der Waals surface area contributed by atoms with Crippen LogP contribution in [0, 0.1) is 29.6 Å². The van der Waals surface area contributed by atoms with Gasteiger partial charge in [-0.25, -0.2) is 14.6 Å². The number of aliphatic hydroxyl groups excluding tert-OH is 1. The van der Waals surface area contributed by atoms with Gasteiger partial charge < -0.3 is 71.5 Å². The molecule has 516 valence electrons. The quantitative estimate of drug-likeness (QED) is 0.0314. The molecule has 1 aliphatic carbocycles. The molecule has 0 radical (unpaired) electrons. The highest BCUT2D eigenvalue weighted by Crippen LogP contribution is 2.35. The Balaban J connectivity index is 1.22. The molecule has 93 heavy (non-hydrogen) atoms. The van der Waals surface area contributed by atoms with Gasteiger partial charge in [-0.05, 0) is 91.9 Å². The number of primary amides is 1. The highest BCUT2D eigenvalue weighted by Gasteiger charge is 2.45. The number of thiazole rings is 1. The van der Waals surface area contributed by atoms with E-state index in [-0.39, 0.29) is 94.3 Å². The third-order valence-electron chi connectivity index (χ3n) is 17.5. The van der Waals surface area contributed by atoms with Gasteiger partial charge >= 0.3 is 12.1 Å². The van der Waals surface area contributed by atoms with Crippen molar-refractivity contribution in [2.75, 3.05) is 66.5 Å². The van der Waals surface area contributed by atoms with Crippen LogP contribution in [0.5, 0.6) is 0 Å². The maximum atomic E-state index is 15.1. The number of amides is 10. The Kier molecular flexibility index (Phi) is 31.9. The van der Waals surface area contributed by atoms with Gasteiger partial charge in [0, 0.05) is 65.1 Å². The van der Waals surface area contributed by atoms with Crippen molar-refractivity contribution in [2.24, 2.45) is 35.3 Å². The number of hydrogen-bond donors (Lipinski definition) is 8. The summed E-state index contributed by atoms with van der Waals surface area (Å²) in [6, 6.07) is 10.1. The molecule has 1 saturated heterocycles. The molecule has 0 bridgehead atoms. The number of aliphatic hydroxyl groups is 1. The first kappa shape index (κ1) is 76.5. The van der Waals surface area contributed by atoms with Crippen LogP contribution in [0.2, 0.25) is 0 Å². The molecule has 3 aromatic rings. The number of nitrogens with two attached hydrogens (primary N) is 1. The minimum absolute atomic E-state index is 0.0111. The van der Waals surface area contributed by atoms with Crippen LogP contribution in [-0.2, 0) is 65.5 Å². The van der Waals surface area contributed by atoms with Crippen molar-refractivity contribution >= 4 is 70.5 Å². The Labute approximate surface area is 552 Å². The molecule has 2 fully saturated rings. The third-order valence-corrected chi connectivity index (χ3v) is 18.4. The van der Waals surface area contributed by atoms with Crippen LogP contribution >= 0.6 is 11.3 Å². The number of benzene rings is 2. The molecule has 1 unspecified atom stereocenters. The maximum absolute atomic E-state index is 15.1. The summed E-state index contributed by atoms with van der Waals surface area (Å²) in [5, 5.41) is 28.6. The average Bonchev–Trinajstić information content (AvgIpc) is 1.88. The Bertz CT molecular complexity index is 2840. The number of rotatable bonds is 37.